The lowest BCUT2D eigenvalue weighted by atomic mass is 10.1. The lowest BCUT2D eigenvalue weighted by molar-refractivity contribution is -0.0164. The molecule has 116 valence electrons. The van der Waals surface area contributed by atoms with E-state index in [1.165, 1.54) is 0 Å². The molecule has 0 fully saturated rings. The molecule has 0 bridgehead atoms. The van der Waals surface area contributed by atoms with Crippen LogP contribution in [0.2, 0.25) is 0 Å². The number of hydrogen-bond donors (Lipinski definition) is 1. The molecular weight excluding hydrogens is 292 g/mol. The Hall–Kier alpha value is -3.02. The van der Waals surface area contributed by atoms with E-state index in [9.17, 15) is 0 Å². The van der Waals surface area contributed by atoms with Crippen LogP contribution in [0, 0.1) is 22.7 Å². The Morgan fingerprint density at radius 3 is 2.30 bits per heavy atom. The molecule has 0 unspecified atom stereocenters. The van der Waals surface area contributed by atoms with Gasteiger partial charge in [0.05, 0.1) is 31.6 Å². The van der Waals surface area contributed by atoms with Gasteiger partial charge >= 0.3 is 0 Å². The minimum absolute atomic E-state index is 0.238. The van der Waals surface area contributed by atoms with Crippen LogP contribution < -0.4 is 4.74 Å². The van der Waals surface area contributed by atoms with Crippen molar-refractivity contribution >= 4 is 0 Å². The van der Waals surface area contributed by atoms with Crippen molar-refractivity contribution < 1.29 is 14.6 Å². The molecule has 1 heterocycles. The number of aromatic hydroxyl groups is 1. The summed E-state index contributed by atoms with van der Waals surface area (Å²) in [4.78, 5) is 0. The van der Waals surface area contributed by atoms with Crippen LogP contribution in [0.5, 0.6) is 11.5 Å². The van der Waals surface area contributed by atoms with E-state index in [1.54, 1.807) is 24.3 Å². The quantitative estimate of drug-likeness (QED) is 0.921. The van der Waals surface area contributed by atoms with Crippen LogP contribution in [0.25, 0.3) is 0 Å². The first-order valence-corrected chi connectivity index (χ1v) is 7.07. The zero-order valence-electron chi connectivity index (χ0n) is 12.5. The summed E-state index contributed by atoms with van der Waals surface area (Å²) in [5.41, 5.74) is 2.97. The van der Waals surface area contributed by atoms with Gasteiger partial charge in [0.15, 0.2) is 6.79 Å². The topological polar surface area (TPSA) is 86.3 Å². The van der Waals surface area contributed by atoms with Crippen molar-refractivity contribution in [2.24, 2.45) is 0 Å². The maximum absolute atomic E-state index is 8.84. The SMILES string of the molecule is N#CCc1ccc(O)cc1.N#CCc1ccc2c(c1)COCO2. The molecule has 1 aliphatic heterocycles. The molecule has 2 aromatic carbocycles. The fraction of sp³-hybridized carbons (Fsp3) is 0.222. The Balaban J connectivity index is 0.000000174. The third-order valence-electron chi connectivity index (χ3n) is 3.18. The molecule has 0 aromatic heterocycles. The standard InChI is InChI=1S/C10H9NO2.C8H7NO/c11-4-3-8-1-2-10-9(5-8)6-12-7-13-10;9-6-5-7-1-3-8(10)4-2-7/h1-2,5H,3,6-7H2;1-4,10H,5H2. The minimum atomic E-state index is 0.238. The molecule has 0 saturated heterocycles. The summed E-state index contributed by atoms with van der Waals surface area (Å²) in [6, 6.07) is 16.5. The first-order chi connectivity index (χ1) is 11.2. The van der Waals surface area contributed by atoms with Crippen LogP contribution >= 0.6 is 0 Å². The van der Waals surface area contributed by atoms with Gasteiger partial charge in [-0.2, -0.15) is 10.5 Å². The van der Waals surface area contributed by atoms with Gasteiger partial charge < -0.3 is 14.6 Å². The summed E-state index contributed by atoms with van der Waals surface area (Å²) in [6.07, 6.45) is 0.841. The smallest absolute Gasteiger partial charge is 0.189 e. The van der Waals surface area contributed by atoms with Crippen LogP contribution in [0.15, 0.2) is 42.5 Å². The molecule has 2 aromatic rings. The predicted molar refractivity (Wildman–Crippen MR) is 83.5 cm³/mol. The van der Waals surface area contributed by atoms with Crippen molar-refractivity contribution in [3.05, 3.63) is 59.2 Å². The lowest BCUT2D eigenvalue weighted by Crippen LogP contribution is -2.11. The lowest BCUT2D eigenvalue weighted by Gasteiger charge is -2.17. The Bertz CT molecular complexity index is 727. The van der Waals surface area contributed by atoms with Gasteiger partial charge in [0.25, 0.3) is 0 Å². The highest BCUT2D eigenvalue weighted by Crippen LogP contribution is 2.24. The molecule has 5 nitrogen and oxygen atoms in total. The second-order valence-electron chi connectivity index (χ2n) is 4.89. The van der Waals surface area contributed by atoms with Gasteiger partial charge in [-0.3, -0.25) is 0 Å². The fourth-order valence-electron chi connectivity index (χ4n) is 2.05. The van der Waals surface area contributed by atoms with Crippen molar-refractivity contribution in [1.82, 2.24) is 0 Å². The average molecular weight is 308 g/mol. The third kappa shape index (κ3) is 5.03. The molecule has 0 aliphatic carbocycles. The van der Waals surface area contributed by atoms with Crippen molar-refractivity contribution in [3.8, 4) is 23.6 Å². The number of fused-ring (bicyclic) bond motifs is 1. The molecule has 0 saturated carbocycles. The van der Waals surface area contributed by atoms with E-state index < -0.39 is 0 Å². The third-order valence-corrected chi connectivity index (χ3v) is 3.18. The largest absolute Gasteiger partial charge is 0.508 e. The van der Waals surface area contributed by atoms with Crippen molar-refractivity contribution in [3.63, 3.8) is 0 Å². The van der Waals surface area contributed by atoms with Crippen molar-refractivity contribution in [1.29, 1.82) is 10.5 Å². The molecule has 5 heteroatoms. The normalized spacial score (nSPS) is 11.7. The Kier molecular flexibility index (Phi) is 5.99. The summed E-state index contributed by atoms with van der Waals surface area (Å²) in [7, 11) is 0. The molecule has 0 radical (unpaired) electrons. The predicted octanol–water partition coefficient (Wildman–Crippen LogP) is 3.08. The number of benzene rings is 2. The van der Waals surface area contributed by atoms with E-state index in [1.807, 2.05) is 24.3 Å². The first-order valence-electron chi connectivity index (χ1n) is 7.07. The van der Waals surface area contributed by atoms with E-state index in [2.05, 4.69) is 6.07 Å². The van der Waals surface area contributed by atoms with E-state index >= 15 is 0 Å². The van der Waals surface area contributed by atoms with Crippen LogP contribution in [0.3, 0.4) is 0 Å². The van der Waals surface area contributed by atoms with Crippen LogP contribution in [-0.4, -0.2) is 11.9 Å². The maximum Gasteiger partial charge on any atom is 0.189 e. The van der Waals surface area contributed by atoms with Crippen LogP contribution in [0.4, 0.5) is 0 Å². The van der Waals surface area contributed by atoms with E-state index in [-0.39, 0.29) is 5.75 Å². The number of nitrogens with zero attached hydrogens (tertiary/aromatic N) is 2. The summed E-state index contributed by atoms with van der Waals surface area (Å²) in [5, 5.41) is 25.6. The highest BCUT2D eigenvalue weighted by atomic mass is 16.7. The zero-order chi connectivity index (χ0) is 16.5. The van der Waals surface area contributed by atoms with Gasteiger partial charge in [-0.15, -0.1) is 0 Å². The second kappa shape index (κ2) is 8.43. The molecular formula is C18H16N2O3. The second-order valence-corrected chi connectivity index (χ2v) is 4.89. The molecule has 0 atom stereocenters. The Labute approximate surface area is 134 Å². The zero-order valence-corrected chi connectivity index (χ0v) is 12.5. The molecule has 23 heavy (non-hydrogen) atoms. The number of hydrogen-bond acceptors (Lipinski definition) is 5. The number of nitriles is 2. The molecule has 0 spiro atoms. The summed E-state index contributed by atoms with van der Waals surface area (Å²) >= 11 is 0. The van der Waals surface area contributed by atoms with Gasteiger partial charge in [-0.1, -0.05) is 18.2 Å². The van der Waals surface area contributed by atoms with Crippen molar-refractivity contribution in [2.75, 3.05) is 6.79 Å². The van der Waals surface area contributed by atoms with Crippen molar-refractivity contribution in [2.45, 2.75) is 19.4 Å². The van der Waals surface area contributed by atoms with Gasteiger partial charge in [0.1, 0.15) is 11.5 Å². The highest BCUT2D eigenvalue weighted by molar-refractivity contribution is 5.38. The number of phenolic OH excluding ortho intramolecular Hbond substituents is 1. The van der Waals surface area contributed by atoms with Gasteiger partial charge in [-0.25, -0.2) is 0 Å². The highest BCUT2D eigenvalue weighted by Gasteiger charge is 2.10. The monoisotopic (exact) mass is 308 g/mol. The maximum atomic E-state index is 8.84. The summed E-state index contributed by atoms with van der Waals surface area (Å²) < 4.78 is 10.4. The number of rotatable bonds is 2. The Morgan fingerprint density at radius 1 is 0.957 bits per heavy atom. The Morgan fingerprint density at radius 2 is 1.61 bits per heavy atom. The number of phenols is 1. The molecule has 1 N–H and O–H groups in total. The van der Waals surface area contributed by atoms with E-state index in [0.717, 1.165) is 22.4 Å². The van der Waals surface area contributed by atoms with E-state index in [0.29, 0.717) is 26.2 Å². The first kappa shape index (κ1) is 16.4. The van der Waals surface area contributed by atoms with E-state index in [4.69, 9.17) is 25.1 Å². The average Bonchev–Trinajstić information content (AvgIpc) is 2.58. The number of ether oxygens (including phenoxy) is 2. The fourth-order valence-corrected chi connectivity index (χ4v) is 2.05. The van der Waals surface area contributed by atoms with Gasteiger partial charge in [0.2, 0.25) is 0 Å². The molecule has 3 rings (SSSR count). The van der Waals surface area contributed by atoms with Gasteiger partial charge in [-0.05, 0) is 35.4 Å². The van der Waals surface area contributed by atoms with Crippen LogP contribution in [-0.2, 0) is 24.2 Å². The summed E-state index contributed by atoms with van der Waals surface area (Å²) in [5.74, 6) is 1.11. The molecule has 0 amide bonds. The minimum Gasteiger partial charge on any atom is -0.508 e. The molecule has 1 aliphatic rings. The van der Waals surface area contributed by atoms with Crippen LogP contribution in [0.1, 0.15) is 16.7 Å². The summed E-state index contributed by atoms with van der Waals surface area (Å²) in [6.45, 7) is 0.902. The van der Waals surface area contributed by atoms with Gasteiger partial charge in [0, 0.05) is 5.56 Å².